The Labute approximate surface area is 276 Å². The van der Waals surface area contributed by atoms with Gasteiger partial charge in [0, 0.05) is 25.6 Å². The van der Waals surface area contributed by atoms with E-state index in [0.29, 0.717) is 25.8 Å². The van der Waals surface area contributed by atoms with E-state index in [2.05, 4.69) is 10.6 Å². The van der Waals surface area contributed by atoms with Crippen molar-refractivity contribution in [3.63, 3.8) is 0 Å². The minimum Gasteiger partial charge on any atom is -0.460 e. The maximum Gasteiger partial charge on any atom is 0.329 e. The highest BCUT2D eigenvalue weighted by Gasteiger charge is 2.31. The van der Waals surface area contributed by atoms with Gasteiger partial charge in [0.1, 0.15) is 36.0 Å². The Morgan fingerprint density at radius 3 is 1.76 bits per heavy atom. The van der Waals surface area contributed by atoms with Crippen molar-refractivity contribution in [2.45, 2.75) is 144 Å². The lowest BCUT2D eigenvalue weighted by atomic mass is 9.84. The van der Waals surface area contributed by atoms with Crippen molar-refractivity contribution in [2.24, 2.45) is 11.1 Å². The number of unbranched alkanes of at least 4 members (excludes halogenated alkanes) is 1. The molecule has 0 aliphatic heterocycles. The maximum absolute atomic E-state index is 13.2. The highest BCUT2D eigenvalue weighted by molar-refractivity contribution is 5.84. The minimum absolute atomic E-state index is 0.00787. The zero-order chi connectivity index (χ0) is 35.9. The molecule has 0 saturated heterocycles. The number of esters is 3. The normalized spacial score (nSPS) is 13.7. The van der Waals surface area contributed by atoms with Crippen LogP contribution in [0.4, 0.5) is 4.79 Å². The maximum atomic E-state index is 13.2. The SMILES string of the molecule is CC(C)(C)OC(=O)CC[C@H](NC(=O)N[C@@H](CCCCN(CC(=O)OC(C)(C)C)C(=O)COCCN)C(C)(C)C)C(=O)OC(C)(C)C. The first-order valence-corrected chi connectivity index (χ1v) is 16.1. The number of hydrogen-bond donors (Lipinski definition) is 3. The predicted molar refractivity (Wildman–Crippen MR) is 176 cm³/mol. The zero-order valence-corrected chi connectivity index (χ0v) is 30.4. The summed E-state index contributed by atoms with van der Waals surface area (Å²) in [6.07, 6.45) is 1.66. The molecule has 0 aromatic carbocycles. The van der Waals surface area contributed by atoms with Crippen LogP contribution in [0.2, 0.25) is 0 Å². The molecule has 3 amide bonds. The van der Waals surface area contributed by atoms with Gasteiger partial charge >= 0.3 is 23.9 Å². The molecule has 0 heterocycles. The topological polar surface area (TPSA) is 176 Å². The molecule has 0 aliphatic rings. The van der Waals surface area contributed by atoms with Crippen molar-refractivity contribution < 1.29 is 42.9 Å². The van der Waals surface area contributed by atoms with Gasteiger partial charge in [-0.05, 0) is 93.4 Å². The molecule has 0 aliphatic carbocycles. The molecule has 0 unspecified atom stereocenters. The van der Waals surface area contributed by atoms with Crippen molar-refractivity contribution in [3.05, 3.63) is 0 Å². The van der Waals surface area contributed by atoms with Crippen LogP contribution >= 0.6 is 0 Å². The number of carbonyl (C=O) groups is 5. The summed E-state index contributed by atoms with van der Waals surface area (Å²) in [5, 5.41) is 5.66. The van der Waals surface area contributed by atoms with Crippen LogP contribution in [0.3, 0.4) is 0 Å². The van der Waals surface area contributed by atoms with Crippen LogP contribution in [0.5, 0.6) is 0 Å². The smallest absolute Gasteiger partial charge is 0.329 e. The summed E-state index contributed by atoms with van der Waals surface area (Å²) in [6.45, 7) is 22.0. The Morgan fingerprint density at radius 2 is 1.26 bits per heavy atom. The number of rotatable bonds is 17. The van der Waals surface area contributed by atoms with E-state index in [1.807, 2.05) is 20.8 Å². The number of urea groups is 1. The number of nitrogens with zero attached hydrogens (tertiary/aromatic N) is 1. The second kappa shape index (κ2) is 19.0. The highest BCUT2D eigenvalue weighted by Crippen LogP contribution is 2.24. The molecule has 268 valence electrons. The number of nitrogens with two attached hydrogens (primary N) is 1. The van der Waals surface area contributed by atoms with Gasteiger partial charge in [-0.25, -0.2) is 9.59 Å². The summed E-state index contributed by atoms with van der Waals surface area (Å²) in [4.78, 5) is 65.1. The van der Waals surface area contributed by atoms with Gasteiger partial charge in [0.25, 0.3) is 0 Å². The third-order valence-electron chi connectivity index (χ3n) is 6.16. The predicted octanol–water partition coefficient (Wildman–Crippen LogP) is 3.85. The molecule has 13 nitrogen and oxygen atoms in total. The molecule has 0 bridgehead atoms. The number of nitrogens with one attached hydrogen (secondary N) is 2. The Kier molecular flexibility index (Phi) is 17.8. The standard InChI is InChI=1S/C33H62N4O9/c1-30(2,3)24(15-13-14-19-37(25(38)22-43-20-18-34)21-27(40)45-32(7,8)9)36-29(42)35-23(28(41)46-33(10,11)12)16-17-26(39)44-31(4,5)6/h23-24H,13-22,34H2,1-12H3,(H2,35,36,42)/t23-,24-/m0/s1. The van der Waals surface area contributed by atoms with E-state index in [1.165, 1.54) is 4.90 Å². The average molecular weight is 659 g/mol. The number of ether oxygens (including phenoxy) is 4. The lowest BCUT2D eigenvalue weighted by molar-refractivity contribution is -0.160. The second-order valence-corrected chi connectivity index (χ2v) is 15.5. The van der Waals surface area contributed by atoms with Gasteiger partial charge in [-0.1, -0.05) is 20.8 Å². The Balaban J connectivity index is 5.45. The molecule has 0 aromatic heterocycles. The molecule has 0 spiro atoms. The van der Waals surface area contributed by atoms with E-state index in [-0.39, 0.29) is 56.5 Å². The van der Waals surface area contributed by atoms with Crippen LogP contribution in [0.15, 0.2) is 0 Å². The van der Waals surface area contributed by atoms with E-state index in [0.717, 1.165) is 0 Å². The first-order chi connectivity index (χ1) is 20.8. The first kappa shape index (κ1) is 43.1. The summed E-state index contributed by atoms with van der Waals surface area (Å²) in [5.74, 6) is -2.00. The van der Waals surface area contributed by atoms with Crippen LogP contribution in [0, 0.1) is 5.41 Å². The molecule has 0 saturated carbocycles. The van der Waals surface area contributed by atoms with Crippen LogP contribution in [0.1, 0.15) is 115 Å². The lowest BCUT2D eigenvalue weighted by Gasteiger charge is -2.33. The average Bonchev–Trinajstić information content (AvgIpc) is 2.83. The van der Waals surface area contributed by atoms with Crippen LogP contribution in [-0.2, 0) is 38.1 Å². The fourth-order valence-corrected chi connectivity index (χ4v) is 4.16. The highest BCUT2D eigenvalue weighted by atomic mass is 16.6. The van der Waals surface area contributed by atoms with E-state index in [9.17, 15) is 24.0 Å². The second-order valence-electron chi connectivity index (χ2n) is 15.5. The van der Waals surface area contributed by atoms with Crippen molar-refractivity contribution in [1.82, 2.24) is 15.5 Å². The van der Waals surface area contributed by atoms with E-state index in [1.54, 1.807) is 62.3 Å². The number of amides is 3. The molecule has 0 aromatic rings. The summed E-state index contributed by atoms with van der Waals surface area (Å²) < 4.78 is 21.5. The quantitative estimate of drug-likeness (QED) is 0.118. The molecule has 0 fully saturated rings. The summed E-state index contributed by atoms with van der Waals surface area (Å²) >= 11 is 0. The third-order valence-corrected chi connectivity index (χ3v) is 6.16. The van der Waals surface area contributed by atoms with Gasteiger partial charge in [0.2, 0.25) is 5.91 Å². The molecule has 0 rings (SSSR count). The molecule has 46 heavy (non-hydrogen) atoms. The first-order valence-electron chi connectivity index (χ1n) is 16.1. The van der Waals surface area contributed by atoms with Crippen molar-refractivity contribution >= 4 is 29.8 Å². The molecule has 4 N–H and O–H groups in total. The molecule has 0 radical (unpaired) electrons. The fraction of sp³-hybridized carbons (Fsp3) is 0.848. The zero-order valence-electron chi connectivity index (χ0n) is 30.4. The largest absolute Gasteiger partial charge is 0.460 e. The fourth-order valence-electron chi connectivity index (χ4n) is 4.16. The summed E-state index contributed by atoms with van der Waals surface area (Å²) in [5.41, 5.74) is 2.94. The molecule has 2 atom stereocenters. The molecular weight excluding hydrogens is 596 g/mol. The Hall–Kier alpha value is -2.93. The van der Waals surface area contributed by atoms with Gasteiger partial charge in [-0.3, -0.25) is 14.4 Å². The lowest BCUT2D eigenvalue weighted by Crippen LogP contribution is -2.53. The number of hydrogen-bond acceptors (Lipinski definition) is 10. The van der Waals surface area contributed by atoms with Gasteiger partial charge in [-0.2, -0.15) is 0 Å². The van der Waals surface area contributed by atoms with Gasteiger partial charge in [-0.15, -0.1) is 0 Å². The van der Waals surface area contributed by atoms with Crippen LogP contribution in [-0.4, -0.2) is 96.5 Å². The van der Waals surface area contributed by atoms with Gasteiger partial charge in [0.15, 0.2) is 0 Å². The van der Waals surface area contributed by atoms with E-state index < -0.39 is 46.8 Å². The van der Waals surface area contributed by atoms with Crippen LogP contribution < -0.4 is 16.4 Å². The van der Waals surface area contributed by atoms with Crippen LogP contribution in [0.25, 0.3) is 0 Å². The molecule has 13 heteroatoms. The summed E-state index contributed by atoms with van der Waals surface area (Å²) in [6, 6.07) is -1.94. The van der Waals surface area contributed by atoms with Crippen molar-refractivity contribution in [1.29, 1.82) is 0 Å². The van der Waals surface area contributed by atoms with E-state index in [4.69, 9.17) is 24.7 Å². The Bertz CT molecular complexity index is 989. The molecular formula is C33H62N4O9. The summed E-state index contributed by atoms with van der Waals surface area (Å²) in [7, 11) is 0. The van der Waals surface area contributed by atoms with Gasteiger partial charge in [0.05, 0.1) is 6.61 Å². The monoisotopic (exact) mass is 658 g/mol. The Morgan fingerprint density at radius 1 is 0.717 bits per heavy atom. The van der Waals surface area contributed by atoms with E-state index >= 15 is 0 Å². The van der Waals surface area contributed by atoms with Crippen molar-refractivity contribution in [3.8, 4) is 0 Å². The number of carbonyl (C=O) groups excluding carboxylic acids is 5. The van der Waals surface area contributed by atoms with Gasteiger partial charge < -0.3 is 40.2 Å². The minimum atomic E-state index is -1.07. The van der Waals surface area contributed by atoms with Crippen molar-refractivity contribution in [2.75, 3.05) is 32.8 Å². The third kappa shape index (κ3) is 21.7.